The minimum atomic E-state index is -4.49. The highest BCUT2D eigenvalue weighted by molar-refractivity contribution is 6.01. The summed E-state index contributed by atoms with van der Waals surface area (Å²) in [5.74, 6) is -8.53. The number of nitrogens with zero attached hydrogens (tertiary/aromatic N) is 1. The minimum Gasteiger partial charge on any atom is -0.484 e. The van der Waals surface area contributed by atoms with Gasteiger partial charge in [0, 0.05) is 17.8 Å². The summed E-state index contributed by atoms with van der Waals surface area (Å²) in [7, 11) is 0. The molecule has 1 aromatic heterocycles. The topological polar surface area (TPSA) is 39.2 Å². The Morgan fingerprint density at radius 3 is 2.03 bits per heavy atom. The molecule has 3 aromatic rings. The highest BCUT2D eigenvalue weighted by Gasteiger charge is 2.44. The molecule has 0 saturated heterocycles. The van der Waals surface area contributed by atoms with Crippen LogP contribution in [0.1, 0.15) is 23.5 Å². The van der Waals surface area contributed by atoms with Gasteiger partial charge in [-0.05, 0) is 35.9 Å². The molecule has 0 N–H and O–H groups in total. The van der Waals surface area contributed by atoms with E-state index in [1.165, 1.54) is 30.3 Å². The Balaban J connectivity index is 0.00000363. The van der Waals surface area contributed by atoms with E-state index in [1.807, 2.05) is 0 Å². The third kappa shape index (κ3) is 5.63. The molecule has 0 amide bonds. The molecule has 0 bridgehead atoms. The standard InChI is InChI=1S/C21H12F7NO2.CH4/c22-14-4-7-16(17(23)9-14)19(30)21(27,28)18-8-3-13(10-29-18)12-1-5-15(6-2-12)31-11-20(24,25)26;/h1-10H,11H2;1H4. The maximum Gasteiger partial charge on any atom is 0.422 e. The van der Waals surface area contributed by atoms with E-state index in [-0.39, 0.29) is 13.2 Å². The molecule has 0 unspecified atom stereocenters. The first-order valence-corrected chi connectivity index (χ1v) is 8.61. The summed E-state index contributed by atoms with van der Waals surface area (Å²) in [6.45, 7) is -1.46. The molecule has 32 heavy (non-hydrogen) atoms. The molecule has 170 valence electrons. The maximum atomic E-state index is 14.5. The van der Waals surface area contributed by atoms with Crippen LogP contribution in [0.25, 0.3) is 11.1 Å². The Bertz CT molecular complexity index is 1080. The Hall–Kier alpha value is -3.43. The number of pyridine rings is 1. The van der Waals surface area contributed by atoms with Crippen LogP contribution < -0.4 is 4.74 Å². The zero-order valence-corrected chi connectivity index (χ0v) is 15.4. The molecule has 0 fully saturated rings. The quantitative estimate of drug-likeness (QED) is 0.309. The second-order valence-electron chi connectivity index (χ2n) is 6.39. The SMILES string of the molecule is C.O=C(c1ccc(F)cc1F)C(F)(F)c1ccc(-c2ccc(OCC(F)(F)F)cc2)cn1. The van der Waals surface area contributed by atoms with Crippen molar-refractivity contribution in [3.63, 3.8) is 0 Å². The Morgan fingerprint density at radius 2 is 1.50 bits per heavy atom. The minimum absolute atomic E-state index is 0. The number of rotatable bonds is 6. The van der Waals surface area contributed by atoms with Crippen LogP contribution in [0.3, 0.4) is 0 Å². The zero-order chi connectivity index (χ0) is 22.8. The summed E-state index contributed by atoms with van der Waals surface area (Å²) in [4.78, 5) is 15.6. The van der Waals surface area contributed by atoms with Crippen LogP contribution in [0.2, 0.25) is 0 Å². The van der Waals surface area contributed by atoms with Gasteiger partial charge in [0.05, 0.1) is 5.56 Å². The van der Waals surface area contributed by atoms with E-state index < -0.39 is 47.4 Å². The van der Waals surface area contributed by atoms with Gasteiger partial charge in [0.1, 0.15) is 23.1 Å². The molecule has 0 saturated carbocycles. The van der Waals surface area contributed by atoms with E-state index in [2.05, 4.69) is 9.72 Å². The molecular weight excluding hydrogens is 443 g/mol. The van der Waals surface area contributed by atoms with Gasteiger partial charge >= 0.3 is 12.1 Å². The highest BCUT2D eigenvalue weighted by Crippen LogP contribution is 2.33. The van der Waals surface area contributed by atoms with Gasteiger partial charge in [-0.25, -0.2) is 8.78 Å². The molecule has 1 heterocycles. The van der Waals surface area contributed by atoms with Crippen molar-refractivity contribution >= 4 is 5.78 Å². The molecule has 0 aliphatic rings. The molecule has 0 aliphatic heterocycles. The third-order valence-corrected chi connectivity index (χ3v) is 4.14. The van der Waals surface area contributed by atoms with E-state index in [0.29, 0.717) is 29.3 Å². The predicted octanol–water partition coefficient (Wildman–Crippen LogP) is 6.58. The average Bonchev–Trinajstić information content (AvgIpc) is 2.72. The van der Waals surface area contributed by atoms with Crippen LogP contribution in [-0.2, 0) is 5.92 Å². The van der Waals surface area contributed by atoms with Gasteiger partial charge < -0.3 is 4.74 Å². The molecule has 0 radical (unpaired) electrons. The van der Waals surface area contributed by atoms with E-state index in [0.717, 1.165) is 12.3 Å². The number of hydrogen-bond acceptors (Lipinski definition) is 3. The first-order chi connectivity index (χ1) is 14.5. The largest absolute Gasteiger partial charge is 0.484 e. The summed E-state index contributed by atoms with van der Waals surface area (Å²) in [6.07, 6.45) is -3.46. The van der Waals surface area contributed by atoms with E-state index in [1.54, 1.807) is 0 Å². The fraction of sp³-hybridized carbons (Fsp3) is 0.182. The Morgan fingerprint density at radius 1 is 0.875 bits per heavy atom. The number of ketones is 1. The summed E-state index contributed by atoms with van der Waals surface area (Å²) in [5, 5.41) is 0. The van der Waals surface area contributed by atoms with Crippen molar-refractivity contribution in [2.45, 2.75) is 19.5 Å². The number of Topliss-reactive ketones (excluding diaryl/α,β-unsaturated/α-hetero) is 1. The van der Waals surface area contributed by atoms with E-state index in [9.17, 15) is 35.5 Å². The van der Waals surface area contributed by atoms with Gasteiger partial charge in [-0.3, -0.25) is 9.78 Å². The molecular formula is C22H16F7NO2. The number of carbonyl (C=O) groups is 1. The third-order valence-electron chi connectivity index (χ3n) is 4.14. The van der Waals surface area contributed by atoms with Crippen molar-refractivity contribution in [2.24, 2.45) is 0 Å². The van der Waals surface area contributed by atoms with Crippen LogP contribution in [0.4, 0.5) is 30.7 Å². The monoisotopic (exact) mass is 459 g/mol. The van der Waals surface area contributed by atoms with Crippen LogP contribution >= 0.6 is 0 Å². The molecule has 3 rings (SSSR count). The molecule has 10 heteroatoms. The fourth-order valence-corrected chi connectivity index (χ4v) is 2.62. The van der Waals surface area contributed by atoms with Gasteiger partial charge in [-0.2, -0.15) is 22.0 Å². The summed E-state index contributed by atoms with van der Waals surface area (Å²) < 4.78 is 96.7. The summed E-state index contributed by atoms with van der Waals surface area (Å²) in [6, 6.07) is 9.05. The van der Waals surface area contributed by atoms with Crippen molar-refractivity contribution in [3.05, 3.63) is 83.7 Å². The second-order valence-corrected chi connectivity index (χ2v) is 6.39. The lowest BCUT2D eigenvalue weighted by molar-refractivity contribution is -0.153. The second kappa shape index (κ2) is 9.37. The van der Waals surface area contributed by atoms with Gasteiger partial charge in [-0.1, -0.05) is 25.6 Å². The van der Waals surface area contributed by atoms with Crippen LogP contribution in [0.15, 0.2) is 60.8 Å². The zero-order valence-electron chi connectivity index (χ0n) is 15.4. The summed E-state index contributed by atoms with van der Waals surface area (Å²) >= 11 is 0. The number of hydrogen-bond donors (Lipinski definition) is 0. The van der Waals surface area contributed by atoms with E-state index >= 15 is 0 Å². The normalized spacial score (nSPS) is 11.6. The van der Waals surface area contributed by atoms with E-state index in [4.69, 9.17) is 0 Å². The van der Waals surface area contributed by atoms with Crippen LogP contribution in [0.5, 0.6) is 5.75 Å². The molecule has 2 aromatic carbocycles. The lowest BCUT2D eigenvalue weighted by Crippen LogP contribution is -2.28. The van der Waals surface area contributed by atoms with Crippen molar-refractivity contribution in [1.29, 1.82) is 0 Å². The number of aromatic nitrogens is 1. The van der Waals surface area contributed by atoms with Gasteiger partial charge in [0.2, 0.25) is 5.78 Å². The molecule has 0 spiro atoms. The van der Waals surface area contributed by atoms with Crippen molar-refractivity contribution in [3.8, 4) is 16.9 Å². The first kappa shape index (κ1) is 24.8. The fourth-order valence-electron chi connectivity index (χ4n) is 2.62. The average molecular weight is 459 g/mol. The van der Waals surface area contributed by atoms with Crippen LogP contribution in [-0.4, -0.2) is 23.6 Å². The van der Waals surface area contributed by atoms with Crippen molar-refractivity contribution in [1.82, 2.24) is 4.98 Å². The van der Waals surface area contributed by atoms with Gasteiger partial charge in [0.25, 0.3) is 0 Å². The Labute approximate surface area is 178 Å². The maximum absolute atomic E-state index is 14.5. The number of ether oxygens (including phenoxy) is 1. The number of alkyl halides is 5. The lowest BCUT2D eigenvalue weighted by atomic mass is 10.0. The number of halogens is 7. The lowest BCUT2D eigenvalue weighted by Gasteiger charge is -2.15. The first-order valence-electron chi connectivity index (χ1n) is 8.61. The molecule has 3 nitrogen and oxygen atoms in total. The van der Waals surface area contributed by atoms with Crippen molar-refractivity contribution < 1.29 is 40.3 Å². The molecule has 0 atom stereocenters. The highest BCUT2D eigenvalue weighted by atomic mass is 19.4. The smallest absolute Gasteiger partial charge is 0.422 e. The summed E-state index contributed by atoms with van der Waals surface area (Å²) in [5.41, 5.74) is -1.15. The number of carbonyl (C=O) groups excluding carboxylic acids is 1. The van der Waals surface area contributed by atoms with Gasteiger partial charge in [0.15, 0.2) is 6.61 Å². The predicted molar refractivity (Wildman–Crippen MR) is 103 cm³/mol. The number of benzene rings is 2. The van der Waals surface area contributed by atoms with Crippen LogP contribution in [0, 0.1) is 11.6 Å². The Kier molecular flexibility index (Phi) is 7.27. The molecule has 0 aliphatic carbocycles. The van der Waals surface area contributed by atoms with Crippen molar-refractivity contribution in [2.75, 3.05) is 6.61 Å². The van der Waals surface area contributed by atoms with Gasteiger partial charge in [-0.15, -0.1) is 0 Å².